The largest absolute Gasteiger partial charge is 0.496 e. The van der Waals surface area contributed by atoms with Crippen molar-refractivity contribution in [2.45, 2.75) is 25.5 Å². The first-order chi connectivity index (χ1) is 6.72. The second-order valence-electron chi connectivity index (χ2n) is 3.69. The molecule has 2 N–H and O–H groups in total. The molecule has 76 valence electrons. The first-order valence-corrected chi connectivity index (χ1v) is 4.83. The minimum absolute atomic E-state index is 0.106. The fourth-order valence-electron chi connectivity index (χ4n) is 1.83. The number of ether oxygens (including phenoxy) is 1. The van der Waals surface area contributed by atoms with Crippen LogP contribution in [0.1, 0.15) is 12.5 Å². The van der Waals surface area contributed by atoms with Gasteiger partial charge in [-0.25, -0.2) is 0 Å². The van der Waals surface area contributed by atoms with Crippen LogP contribution in [0, 0.1) is 0 Å². The maximum atomic E-state index is 9.73. The van der Waals surface area contributed by atoms with Crippen molar-refractivity contribution in [2.75, 3.05) is 12.4 Å². The molecule has 3 nitrogen and oxygen atoms in total. The summed E-state index contributed by atoms with van der Waals surface area (Å²) >= 11 is 0. The van der Waals surface area contributed by atoms with E-state index in [1.807, 2.05) is 25.1 Å². The molecule has 1 aromatic carbocycles. The maximum Gasteiger partial charge on any atom is 0.124 e. The number of aliphatic hydroxyl groups excluding tert-OH is 1. The number of fused-ring (bicyclic) bond motifs is 1. The molecule has 2 unspecified atom stereocenters. The van der Waals surface area contributed by atoms with Gasteiger partial charge in [-0.15, -0.1) is 0 Å². The Morgan fingerprint density at radius 3 is 3.00 bits per heavy atom. The molecule has 0 amide bonds. The van der Waals surface area contributed by atoms with E-state index < -0.39 is 0 Å². The van der Waals surface area contributed by atoms with Gasteiger partial charge in [-0.05, 0) is 19.1 Å². The number of methoxy groups -OCH3 is 1. The van der Waals surface area contributed by atoms with Gasteiger partial charge in [-0.3, -0.25) is 0 Å². The summed E-state index contributed by atoms with van der Waals surface area (Å²) in [5.41, 5.74) is 2.14. The van der Waals surface area contributed by atoms with Crippen molar-refractivity contribution in [1.29, 1.82) is 0 Å². The van der Waals surface area contributed by atoms with Crippen LogP contribution in [0.15, 0.2) is 18.2 Å². The van der Waals surface area contributed by atoms with E-state index in [1.165, 1.54) is 0 Å². The number of aliphatic hydroxyl groups is 1. The van der Waals surface area contributed by atoms with Crippen molar-refractivity contribution in [3.63, 3.8) is 0 Å². The van der Waals surface area contributed by atoms with Crippen molar-refractivity contribution < 1.29 is 9.84 Å². The van der Waals surface area contributed by atoms with Gasteiger partial charge in [0.2, 0.25) is 0 Å². The molecule has 1 heterocycles. The molecule has 0 spiro atoms. The van der Waals surface area contributed by atoms with Crippen LogP contribution < -0.4 is 10.1 Å². The molecule has 1 aromatic rings. The van der Waals surface area contributed by atoms with Crippen molar-refractivity contribution in [3.8, 4) is 5.75 Å². The lowest BCUT2D eigenvalue weighted by Crippen LogP contribution is -2.36. The van der Waals surface area contributed by atoms with E-state index in [0.717, 1.165) is 17.0 Å². The van der Waals surface area contributed by atoms with Crippen LogP contribution in [0.3, 0.4) is 0 Å². The van der Waals surface area contributed by atoms with Gasteiger partial charge < -0.3 is 15.2 Å². The van der Waals surface area contributed by atoms with E-state index in [-0.39, 0.29) is 12.1 Å². The topological polar surface area (TPSA) is 41.5 Å². The molecule has 0 fully saturated rings. The molecule has 2 rings (SSSR count). The van der Waals surface area contributed by atoms with Crippen LogP contribution in [-0.2, 0) is 6.42 Å². The summed E-state index contributed by atoms with van der Waals surface area (Å²) in [5.74, 6) is 0.848. The number of hydrogen-bond donors (Lipinski definition) is 2. The summed E-state index contributed by atoms with van der Waals surface area (Å²) in [6.45, 7) is 1.98. The van der Waals surface area contributed by atoms with Gasteiger partial charge >= 0.3 is 0 Å². The third kappa shape index (κ3) is 1.44. The fourth-order valence-corrected chi connectivity index (χ4v) is 1.83. The van der Waals surface area contributed by atoms with Gasteiger partial charge in [0.15, 0.2) is 0 Å². The summed E-state index contributed by atoms with van der Waals surface area (Å²) in [7, 11) is 1.65. The Balaban J connectivity index is 2.41. The minimum atomic E-state index is -0.334. The van der Waals surface area contributed by atoms with E-state index >= 15 is 0 Å². The normalized spacial score (nSPS) is 25.1. The average Bonchev–Trinajstić information content (AvgIpc) is 2.19. The minimum Gasteiger partial charge on any atom is -0.496 e. The zero-order chi connectivity index (χ0) is 10.1. The molecule has 3 heteroatoms. The third-order valence-corrected chi connectivity index (χ3v) is 2.73. The molecule has 1 aliphatic heterocycles. The van der Waals surface area contributed by atoms with Crippen LogP contribution >= 0.6 is 0 Å². The molecular weight excluding hydrogens is 178 g/mol. The first kappa shape index (κ1) is 9.34. The van der Waals surface area contributed by atoms with Crippen LogP contribution in [0.2, 0.25) is 0 Å². The summed E-state index contributed by atoms with van der Waals surface area (Å²) in [5, 5.41) is 13.0. The van der Waals surface area contributed by atoms with Crippen LogP contribution in [-0.4, -0.2) is 24.4 Å². The molecule has 0 saturated heterocycles. The second kappa shape index (κ2) is 3.50. The molecule has 1 aliphatic rings. The van der Waals surface area contributed by atoms with Crippen molar-refractivity contribution in [2.24, 2.45) is 0 Å². The Bertz CT molecular complexity index is 338. The molecule has 0 aromatic heterocycles. The van der Waals surface area contributed by atoms with Crippen molar-refractivity contribution >= 4 is 5.69 Å². The number of hydrogen-bond acceptors (Lipinski definition) is 3. The first-order valence-electron chi connectivity index (χ1n) is 4.83. The summed E-state index contributed by atoms with van der Waals surface area (Å²) in [6, 6.07) is 5.99. The number of nitrogens with one attached hydrogen (secondary N) is 1. The van der Waals surface area contributed by atoms with E-state index in [9.17, 15) is 5.11 Å². The Kier molecular flexibility index (Phi) is 2.33. The molecule has 0 bridgehead atoms. The highest BCUT2D eigenvalue weighted by Crippen LogP contribution is 2.32. The van der Waals surface area contributed by atoms with Gasteiger partial charge in [-0.2, -0.15) is 0 Å². The lowest BCUT2D eigenvalue weighted by molar-refractivity contribution is 0.153. The van der Waals surface area contributed by atoms with Gasteiger partial charge in [-0.1, -0.05) is 6.07 Å². The standard InChI is InChI=1S/C11H15NO2/c1-7-10(13)6-8-9(12-7)4-3-5-11(8)14-2/h3-5,7,10,12-13H,6H2,1-2H3. The lowest BCUT2D eigenvalue weighted by atomic mass is 9.95. The molecule has 0 radical (unpaired) electrons. The predicted molar refractivity (Wildman–Crippen MR) is 55.8 cm³/mol. The molecule has 14 heavy (non-hydrogen) atoms. The van der Waals surface area contributed by atoms with Crippen molar-refractivity contribution in [3.05, 3.63) is 23.8 Å². The molecular formula is C11H15NO2. The van der Waals surface area contributed by atoms with Crippen LogP contribution in [0.4, 0.5) is 5.69 Å². The summed E-state index contributed by atoms with van der Waals surface area (Å²) < 4.78 is 5.25. The summed E-state index contributed by atoms with van der Waals surface area (Å²) in [6.07, 6.45) is 0.326. The number of benzene rings is 1. The highest BCUT2D eigenvalue weighted by Gasteiger charge is 2.24. The Morgan fingerprint density at radius 1 is 1.50 bits per heavy atom. The van der Waals surface area contributed by atoms with E-state index in [2.05, 4.69) is 5.32 Å². The summed E-state index contributed by atoms with van der Waals surface area (Å²) in [4.78, 5) is 0. The zero-order valence-corrected chi connectivity index (χ0v) is 8.45. The van der Waals surface area contributed by atoms with Crippen LogP contribution in [0.5, 0.6) is 5.75 Å². The smallest absolute Gasteiger partial charge is 0.124 e. The SMILES string of the molecule is COc1cccc2c1CC(O)C(C)N2. The Hall–Kier alpha value is -1.22. The average molecular weight is 193 g/mol. The van der Waals surface area contributed by atoms with Gasteiger partial charge in [0.1, 0.15) is 5.75 Å². The monoisotopic (exact) mass is 193 g/mol. The fraction of sp³-hybridized carbons (Fsp3) is 0.455. The second-order valence-corrected chi connectivity index (χ2v) is 3.69. The molecule has 0 aliphatic carbocycles. The molecule has 2 atom stereocenters. The van der Waals surface area contributed by atoms with E-state index in [0.29, 0.717) is 6.42 Å². The molecule has 0 saturated carbocycles. The number of rotatable bonds is 1. The van der Waals surface area contributed by atoms with E-state index in [4.69, 9.17) is 4.74 Å². The Labute approximate surface area is 83.7 Å². The van der Waals surface area contributed by atoms with E-state index in [1.54, 1.807) is 7.11 Å². The highest BCUT2D eigenvalue weighted by atomic mass is 16.5. The number of anilines is 1. The maximum absolute atomic E-state index is 9.73. The quantitative estimate of drug-likeness (QED) is 0.708. The van der Waals surface area contributed by atoms with Crippen molar-refractivity contribution in [1.82, 2.24) is 0 Å². The third-order valence-electron chi connectivity index (χ3n) is 2.73. The van der Waals surface area contributed by atoms with Gasteiger partial charge in [0, 0.05) is 23.7 Å². The highest BCUT2D eigenvalue weighted by molar-refractivity contribution is 5.60. The lowest BCUT2D eigenvalue weighted by Gasteiger charge is -2.29. The van der Waals surface area contributed by atoms with Gasteiger partial charge in [0.05, 0.1) is 13.2 Å². The zero-order valence-electron chi connectivity index (χ0n) is 8.45. The Morgan fingerprint density at radius 2 is 2.29 bits per heavy atom. The van der Waals surface area contributed by atoms with Gasteiger partial charge in [0.25, 0.3) is 0 Å². The predicted octanol–water partition coefficient (Wildman–Crippen LogP) is 1.41. The van der Waals surface area contributed by atoms with Crippen LogP contribution in [0.25, 0.3) is 0 Å².